The second kappa shape index (κ2) is 11.4. The average Bonchev–Trinajstić information content (AvgIpc) is 3.21. The first-order valence-electron chi connectivity index (χ1n) is 18.7. The van der Waals surface area contributed by atoms with E-state index in [4.69, 9.17) is 15.0 Å². The molecule has 54 heavy (non-hydrogen) atoms. The highest BCUT2D eigenvalue weighted by atomic mass is 14.8. The van der Waals surface area contributed by atoms with Crippen LogP contribution in [0.3, 0.4) is 0 Å². The van der Waals surface area contributed by atoms with Crippen LogP contribution in [0.2, 0.25) is 0 Å². The van der Waals surface area contributed by atoms with Crippen molar-refractivity contribution in [3.63, 3.8) is 0 Å². The number of hydrogen-bond acceptors (Lipinski definition) is 3. The average molecular weight is 690 g/mol. The smallest absolute Gasteiger partial charge is 0.0972 e. The summed E-state index contributed by atoms with van der Waals surface area (Å²) in [5, 5.41) is 13.3. The zero-order valence-electron chi connectivity index (χ0n) is 30.4. The number of rotatable bonds is 3. The third-order valence-electron chi connectivity index (χ3n) is 11.3. The summed E-state index contributed by atoms with van der Waals surface area (Å²) >= 11 is 0. The van der Waals surface area contributed by atoms with E-state index in [9.17, 15) is 0 Å². The van der Waals surface area contributed by atoms with E-state index in [1.54, 1.807) is 0 Å². The second-order valence-corrected chi connectivity index (χ2v) is 15.7. The van der Waals surface area contributed by atoms with E-state index in [1.165, 1.54) is 59.8 Å². The number of aromatic nitrogens is 3. The number of para-hydroxylation sites is 1. The molecular formula is C51H35N3. The van der Waals surface area contributed by atoms with Gasteiger partial charge in [0, 0.05) is 33.5 Å². The summed E-state index contributed by atoms with van der Waals surface area (Å²) in [4.78, 5) is 15.4. The van der Waals surface area contributed by atoms with E-state index in [2.05, 4.69) is 154 Å². The quantitative estimate of drug-likeness (QED) is 0.173. The molecule has 0 amide bonds. The molecule has 0 radical (unpaired) electrons. The van der Waals surface area contributed by atoms with Crippen molar-refractivity contribution in [2.45, 2.75) is 26.2 Å². The van der Waals surface area contributed by atoms with Crippen molar-refractivity contribution in [3.05, 3.63) is 163 Å². The summed E-state index contributed by atoms with van der Waals surface area (Å²) in [6, 6.07) is 55.2. The van der Waals surface area contributed by atoms with Gasteiger partial charge in [-0.3, -0.25) is 4.98 Å². The monoisotopic (exact) mass is 689 g/mol. The Morgan fingerprint density at radius 3 is 1.83 bits per heavy atom. The van der Waals surface area contributed by atoms with Gasteiger partial charge in [-0.05, 0) is 102 Å². The van der Waals surface area contributed by atoms with Crippen molar-refractivity contribution < 1.29 is 0 Å². The molecule has 0 bridgehead atoms. The Morgan fingerprint density at radius 2 is 1.02 bits per heavy atom. The van der Waals surface area contributed by atoms with Gasteiger partial charge >= 0.3 is 0 Å². The molecule has 3 heteroatoms. The lowest BCUT2D eigenvalue weighted by molar-refractivity contribution is 0.591. The molecule has 11 aromatic rings. The molecule has 0 spiro atoms. The van der Waals surface area contributed by atoms with Gasteiger partial charge in [0.25, 0.3) is 0 Å². The molecule has 0 atom stereocenters. The summed E-state index contributed by atoms with van der Waals surface area (Å²) < 4.78 is 0. The first-order chi connectivity index (χ1) is 26.4. The maximum atomic E-state index is 5.42. The first kappa shape index (κ1) is 30.9. The van der Waals surface area contributed by atoms with Crippen LogP contribution in [-0.4, -0.2) is 15.0 Å². The van der Waals surface area contributed by atoms with Gasteiger partial charge in [0.1, 0.15) is 0 Å². The van der Waals surface area contributed by atoms with Crippen LogP contribution in [0.5, 0.6) is 0 Å². The van der Waals surface area contributed by atoms with Crippen molar-refractivity contribution in [3.8, 4) is 33.6 Å². The molecule has 0 saturated heterocycles. The number of fused-ring (bicyclic) bond motifs is 5. The predicted octanol–water partition coefficient (Wildman–Crippen LogP) is 13.7. The van der Waals surface area contributed by atoms with Crippen molar-refractivity contribution in [1.29, 1.82) is 0 Å². The molecule has 0 aliphatic rings. The second-order valence-electron chi connectivity index (χ2n) is 15.7. The highest BCUT2D eigenvalue weighted by molar-refractivity contribution is 6.28. The topological polar surface area (TPSA) is 38.7 Å². The Morgan fingerprint density at radius 1 is 0.407 bits per heavy atom. The standard InChI is InChI=1S/C51H35N3/c1-51(2,3)39-26-36-16-19-41-40(20-21-42-43(28-37(27-39)47(36)48(41)42)34-15-12-30-8-4-5-9-33(30)24-34)46-23-18-32-14-13-31-17-22-45(53-49(31)50(32)54-46)38-25-35-10-6-7-11-44(35)52-29-38/h4-29H,1-3H3. The number of nitrogens with zero attached hydrogens (tertiary/aromatic N) is 3. The molecule has 0 aliphatic carbocycles. The molecule has 3 nitrogen and oxygen atoms in total. The molecule has 254 valence electrons. The van der Waals surface area contributed by atoms with E-state index in [0.717, 1.165) is 55.2 Å². The summed E-state index contributed by atoms with van der Waals surface area (Å²) in [6.07, 6.45) is 1.92. The Kier molecular flexibility index (Phi) is 6.51. The number of hydrogen-bond donors (Lipinski definition) is 0. The summed E-state index contributed by atoms with van der Waals surface area (Å²) in [5.41, 5.74) is 10.6. The van der Waals surface area contributed by atoms with Gasteiger partial charge in [-0.25, -0.2) is 9.97 Å². The molecular weight excluding hydrogens is 655 g/mol. The van der Waals surface area contributed by atoms with Gasteiger partial charge in [0.05, 0.1) is 27.9 Å². The van der Waals surface area contributed by atoms with Crippen LogP contribution in [0.1, 0.15) is 26.3 Å². The third kappa shape index (κ3) is 4.78. The number of benzene rings is 8. The molecule has 3 aromatic heterocycles. The Labute approximate surface area is 312 Å². The fraction of sp³-hybridized carbons (Fsp3) is 0.0784. The minimum Gasteiger partial charge on any atom is -0.256 e. The van der Waals surface area contributed by atoms with Gasteiger partial charge in [-0.15, -0.1) is 0 Å². The normalized spacial score (nSPS) is 12.4. The Hall–Kier alpha value is -6.71. The van der Waals surface area contributed by atoms with E-state index < -0.39 is 0 Å². The molecule has 3 heterocycles. The van der Waals surface area contributed by atoms with Crippen molar-refractivity contribution in [2.24, 2.45) is 0 Å². The maximum absolute atomic E-state index is 5.42. The maximum Gasteiger partial charge on any atom is 0.0972 e. The summed E-state index contributed by atoms with van der Waals surface area (Å²) in [7, 11) is 0. The molecule has 0 saturated carbocycles. The fourth-order valence-corrected chi connectivity index (χ4v) is 8.46. The highest BCUT2D eigenvalue weighted by Crippen LogP contribution is 2.45. The summed E-state index contributed by atoms with van der Waals surface area (Å²) in [6.45, 7) is 6.90. The highest BCUT2D eigenvalue weighted by Gasteiger charge is 2.21. The minimum atomic E-state index is 0.0230. The van der Waals surface area contributed by atoms with Crippen molar-refractivity contribution in [1.82, 2.24) is 15.0 Å². The zero-order chi connectivity index (χ0) is 36.1. The van der Waals surface area contributed by atoms with Crippen molar-refractivity contribution in [2.75, 3.05) is 0 Å². The van der Waals surface area contributed by atoms with Gasteiger partial charge in [-0.1, -0.05) is 136 Å². The molecule has 8 aromatic carbocycles. The predicted molar refractivity (Wildman–Crippen MR) is 229 cm³/mol. The molecule has 0 aliphatic heterocycles. The first-order valence-corrected chi connectivity index (χ1v) is 18.7. The minimum absolute atomic E-state index is 0.0230. The van der Waals surface area contributed by atoms with Crippen LogP contribution in [0, 0.1) is 0 Å². The van der Waals surface area contributed by atoms with Gasteiger partial charge < -0.3 is 0 Å². The Balaban J connectivity index is 1.15. The lowest BCUT2D eigenvalue weighted by Gasteiger charge is -2.23. The van der Waals surface area contributed by atoms with Crippen LogP contribution < -0.4 is 0 Å². The third-order valence-corrected chi connectivity index (χ3v) is 11.3. The van der Waals surface area contributed by atoms with E-state index >= 15 is 0 Å². The molecule has 0 fully saturated rings. The molecule has 11 rings (SSSR count). The van der Waals surface area contributed by atoms with Gasteiger partial charge in [-0.2, -0.15) is 0 Å². The zero-order valence-corrected chi connectivity index (χ0v) is 30.4. The lowest BCUT2D eigenvalue weighted by atomic mass is 9.81. The van der Waals surface area contributed by atoms with Gasteiger partial charge in [0.2, 0.25) is 0 Å². The van der Waals surface area contributed by atoms with Crippen LogP contribution in [-0.2, 0) is 5.41 Å². The fourth-order valence-electron chi connectivity index (χ4n) is 8.46. The van der Waals surface area contributed by atoms with Crippen molar-refractivity contribution >= 4 is 75.8 Å². The van der Waals surface area contributed by atoms with E-state index in [0.29, 0.717) is 0 Å². The van der Waals surface area contributed by atoms with Crippen LogP contribution in [0.15, 0.2) is 158 Å². The van der Waals surface area contributed by atoms with Crippen LogP contribution in [0.4, 0.5) is 0 Å². The van der Waals surface area contributed by atoms with Crippen LogP contribution in [0.25, 0.3) is 109 Å². The molecule has 0 N–H and O–H groups in total. The largest absolute Gasteiger partial charge is 0.256 e. The van der Waals surface area contributed by atoms with Crippen LogP contribution >= 0.6 is 0 Å². The SMILES string of the molecule is CC(C)(C)c1cc2ccc3c(-c4ccc5ccc6ccc(-c7cnc8ccccc8c7)nc6c5n4)ccc4c(-c5ccc6ccccc6c5)cc(c1)c2c43. The summed E-state index contributed by atoms with van der Waals surface area (Å²) in [5.74, 6) is 0. The molecule has 0 unspecified atom stereocenters. The van der Waals surface area contributed by atoms with E-state index in [-0.39, 0.29) is 5.41 Å². The van der Waals surface area contributed by atoms with E-state index in [1.807, 2.05) is 24.4 Å². The lowest BCUT2D eigenvalue weighted by Crippen LogP contribution is -2.10. The number of pyridine rings is 3. The Bertz CT molecular complexity index is 3320. The van der Waals surface area contributed by atoms with Gasteiger partial charge in [0.15, 0.2) is 0 Å².